The maximum Gasteiger partial charge on any atom is 0.247 e. The van der Waals surface area contributed by atoms with Crippen molar-refractivity contribution >= 4 is 11.6 Å². The molecule has 1 saturated heterocycles. The van der Waals surface area contributed by atoms with E-state index < -0.39 is 0 Å². The van der Waals surface area contributed by atoms with Gasteiger partial charge in [-0.05, 0) is 43.2 Å². The first-order valence-corrected chi connectivity index (χ1v) is 12.2. The number of hydrogen-bond acceptors (Lipinski definition) is 7. The van der Waals surface area contributed by atoms with E-state index in [1.165, 1.54) is 0 Å². The maximum absolute atomic E-state index is 13.5. The van der Waals surface area contributed by atoms with Gasteiger partial charge in [-0.15, -0.1) is 0 Å². The lowest BCUT2D eigenvalue weighted by Crippen LogP contribution is -2.45. The highest BCUT2D eigenvalue weighted by atomic mass is 16.5. The third kappa shape index (κ3) is 5.09. The zero-order valence-electron chi connectivity index (χ0n) is 20.4. The van der Waals surface area contributed by atoms with Gasteiger partial charge in [0.1, 0.15) is 0 Å². The van der Waals surface area contributed by atoms with Crippen molar-refractivity contribution < 1.29 is 19.0 Å². The third-order valence-corrected chi connectivity index (χ3v) is 6.93. The number of amides is 1. The second kappa shape index (κ2) is 10.6. The SMILES string of the molecule is COc1ccc(C2=NN(Cc3cccc(CN4CCOCC4)n3)C(=O)[C@@H]3CC=CC[C@H]23)cc1OC. The van der Waals surface area contributed by atoms with Gasteiger partial charge in [0.2, 0.25) is 5.91 Å². The van der Waals surface area contributed by atoms with E-state index in [0.717, 1.165) is 68.4 Å². The van der Waals surface area contributed by atoms with Gasteiger partial charge >= 0.3 is 0 Å². The van der Waals surface area contributed by atoms with Gasteiger partial charge in [-0.1, -0.05) is 18.2 Å². The monoisotopic (exact) mass is 476 g/mol. The Bertz CT molecular complexity index is 1130. The molecule has 0 N–H and O–H groups in total. The van der Waals surface area contributed by atoms with Gasteiger partial charge in [0, 0.05) is 31.1 Å². The highest BCUT2D eigenvalue weighted by Gasteiger charge is 2.40. The second-order valence-electron chi connectivity index (χ2n) is 9.12. The Morgan fingerprint density at radius 1 is 0.943 bits per heavy atom. The lowest BCUT2D eigenvalue weighted by atomic mass is 9.76. The van der Waals surface area contributed by atoms with Crippen LogP contribution >= 0.6 is 0 Å². The predicted octanol–water partition coefficient (Wildman–Crippen LogP) is 3.26. The number of nitrogens with zero attached hydrogens (tertiary/aromatic N) is 4. The van der Waals surface area contributed by atoms with Crippen molar-refractivity contribution in [2.24, 2.45) is 16.9 Å². The molecule has 0 spiro atoms. The number of rotatable bonds is 7. The summed E-state index contributed by atoms with van der Waals surface area (Å²) in [6.07, 6.45) is 5.77. The molecule has 1 aromatic heterocycles. The van der Waals surface area contributed by atoms with E-state index in [9.17, 15) is 4.79 Å². The van der Waals surface area contributed by atoms with Crippen LogP contribution in [0.5, 0.6) is 11.5 Å². The summed E-state index contributed by atoms with van der Waals surface area (Å²) in [5.41, 5.74) is 3.68. The number of morpholine rings is 1. The Labute approximate surface area is 206 Å². The van der Waals surface area contributed by atoms with Crippen LogP contribution in [0.4, 0.5) is 0 Å². The Morgan fingerprint density at radius 2 is 1.66 bits per heavy atom. The molecule has 1 aromatic carbocycles. The summed E-state index contributed by atoms with van der Waals surface area (Å²) in [7, 11) is 3.25. The smallest absolute Gasteiger partial charge is 0.247 e. The van der Waals surface area contributed by atoms with Crippen molar-refractivity contribution in [3.63, 3.8) is 0 Å². The van der Waals surface area contributed by atoms with E-state index in [4.69, 9.17) is 24.3 Å². The molecular formula is C27H32N4O4. The fourth-order valence-electron chi connectivity index (χ4n) is 5.06. The van der Waals surface area contributed by atoms with Crippen molar-refractivity contribution in [1.82, 2.24) is 14.9 Å². The van der Waals surface area contributed by atoms with Crippen molar-refractivity contribution in [2.75, 3.05) is 40.5 Å². The average Bonchev–Trinajstić information content (AvgIpc) is 2.91. The topological polar surface area (TPSA) is 76.5 Å². The Morgan fingerprint density at radius 3 is 2.40 bits per heavy atom. The van der Waals surface area contributed by atoms with Crippen LogP contribution in [0.3, 0.4) is 0 Å². The van der Waals surface area contributed by atoms with Crippen LogP contribution in [0.1, 0.15) is 29.8 Å². The second-order valence-corrected chi connectivity index (χ2v) is 9.12. The van der Waals surface area contributed by atoms with Gasteiger partial charge in [-0.3, -0.25) is 14.7 Å². The van der Waals surface area contributed by atoms with Crippen LogP contribution in [-0.4, -0.2) is 67.0 Å². The Balaban J connectivity index is 1.42. The molecule has 3 heterocycles. The highest BCUT2D eigenvalue weighted by molar-refractivity contribution is 6.07. The molecule has 8 heteroatoms. The summed E-state index contributed by atoms with van der Waals surface area (Å²) < 4.78 is 16.4. The number of allylic oxidation sites excluding steroid dienone is 2. The van der Waals surface area contributed by atoms with E-state index in [1.54, 1.807) is 19.2 Å². The van der Waals surface area contributed by atoms with Crippen molar-refractivity contribution in [1.29, 1.82) is 0 Å². The van der Waals surface area contributed by atoms with Gasteiger partial charge in [0.25, 0.3) is 0 Å². The number of ether oxygens (including phenoxy) is 3. The largest absolute Gasteiger partial charge is 0.493 e. The summed E-state index contributed by atoms with van der Waals surface area (Å²) in [4.78, 5) is 20.6. The minimum atomic E-state index is -0.128. The number of hydrogen-bond donors (Lipinski definition) is 0. The summed E-state index contributed by atoms with van der Waals surface area (Å²) in [5, 5.41) is 6.50. The van der Waals surface area contributed by atoms with Crippen LogP contribution in [0, 0.1) is 11.8 Å². The molecule has 35 heavy (non-hydrogen) atoms. The molecule has 2 aromatic rings. The summed E-state index contributed by atoms with van der Waals surface area (Å²) in [5.74, 6) is 1.29. The fourth-order valence-corrected chi connectivity index (χ4v) is 5.06. The number of fused-ring (bicyclic) bond motifs is 1. The summed E-state index contributed by atoms with van der Waals surface area (Å²) in [6, 6.07) is 11.8. The van der Waals surface area contributed by atoms with Gasteiger partial charge in [-0.25, -0.2) is 5.01 Å². The fraction of sp³-hybridized carbons (Fsp3) is 0.444. The third-order valence-electron chi connectivity index (χ3n) is 6.93. The predicted molar refractivity (Wildman–Crippen MR) is 132 cm³/mol. The Hall–Kier alpha value is -3.23. The van der Waals surface area contributed by atoms with Crippen molar-refractivity contribution in [2.45, 2.75) is 25.9 Å². The van der Waals surface area contributed by atoms with Crippen LogP contribution in [0.2, 0.25) is 0 Å². The molecule has 0 bridgehead atoms. The molecule has 1 fully saturated rings. The van der Waals surface area contributed by atoms with Crippen molar-refractivity contribution in [3.8, 4) is 11.5 Å². The number of hydrazone groups is 1. The van der Waals surface area contributed by atoms with Gasteiger partial charge in [0.15, 0.2) is 11.5 Å². The first-order valence-electron chi connectivity index (χ1n) is 12.2. The van der Waals surface area contributed by atoms with Crippen molar-refractivity contribution in [3.05, 3.63) is 65.5 Å². The summed E-state index contributed by atoms with van der Waals surface area (Å²) in [6.45, 7) is 4.46. The normalized spacial score (nSPS) is 22.5. The molecule has 8 nitrogen and oxygen atoms in total. The summed E-state index contributed by atoms with van der Waals surface area (Å²) >= 11 is 0. The van der Waals surface area contributed by atoms with E-state index in [1.807, 2.05) is 36.4 Å². The quantitative estimate of drug-likeness (QED) is 0.571. The number of carbonyl (C=O) groups is 1. The van der Waals surface area contributed by atoms with E-state index in [0.29, 0.717) is 18.0 Å². The Kier molecular flexibility index (Phi) is 7.11. The van der Waals surface area contributed by atoms with E-state index in [2.05, 4.69) is 17.1 Å². The number of aromatic nitrogens is 1. The lowest BCUT2D eigenvalue weighted by Gasteiger charge is -2.37. The standard InChI is InChI=1S/C27H32N4O4/c1-33-24-11-10-19(16-25(24)34-2)26-22-8-3-4-9-23(22)27(32)31(29-26)18-21-7-5-6-20(28-21)17-30-12-14-35-15-13-30/h3-7,10-11,16,22-23H,8-9,12-15,17-18H2,1-2H3/t22-,23+/m0/s1. The molecule has 1 amide bonds. The van der Waals surface area contributed by atoms with E-state index in [-0.39, 0.29) is 17.7 Å². The average molecular weight is 477 g/mol. The zero-order valence-corrected chi connectivity index (χ0v) is 20.4. The molecule has 184 valence electrons. The molecule has 0 unspecified atom stereocenters. The van der Waals surface area contributed by atoms with Crippen LogP contribution in [-0.2, 0) is 22.6 Å². The number of methoxy groups -OCH3 is 2. The minimum Gasteiger partial charge on any atom is -0.493 e. The highest BCUT2D eigenvalue weighted by Crippen LogP contribution is 2.37. The number of pyridine rings is 1. The van der Waals surface area contributed by atoms with Crippen LogP contribution < -0.4 is 9.47 Å². The first kappa shape index (κ1) is 23.5. The number of benzene rings is 1. The minimum absolute atomic E-state index is 0.0439. The molecule has 2 aliphatic heterocycles. The van der Waals surface area contributed by atoms with E-state index >= 15 is 0 Å². The van der Waals surface area contributed by atoms with Crippen LogP contribution in [0.15, 0.2) is 53.7 Å². The molecule has 0 radical (unpaired) electrons. The maximum atomic E-state index is 13.5. The number of carbonyl (C=O) groups excluding carboxylic acids is 1. The zero-order chi connectivity index (χ0) is 24.2. The van der Waals surface area contributed by atoms with Gasteiger partial charge in [-0.2, -0.15) is 5.10 Å². The lowest BCUT2D eigenvalue weighted by molar-refractivity contribution is -0.138. The molecule has 2 atom stereocenters. The van der Waals surface area contributed by atoms with Gasteiger partial charge in [0.05, 0.1) is 57.0 Å². The molecule has 0 saturated carbocycles. The van der Waals surface area contributed by atoms with Gasteiger partial charge < -0.3 is 14.2 Å². The van der Waals surface area contributed by atoms with Crippen LogP contribution in [0.25, 0.3) is 0 Å². The molecule has 5 rings (SSSR count). The first-order chi connectivity index (χ1) is 17.2. The molecule has 1 aliphatic carbocycles. The molecular weight excluding hydrogens is 444 g/mol. The molecule has 3 aliphatic rings.